The van der Waals surface area contributed by atoms with Gasteiger partial charge in [-0.2, -0.15) is 0 Å². The molecular formula is C8H9NO5S. The van der Waals surface area contributed by atoms with E-state index in [1.54, 1.807) is 0 Å². The van der Waals surface area contributed by atoms with E-state index in [9.17, 15) is 14.3 Å². The molecule has 0 fully saturated rings. The molecule has 1 N–H and O–H groups in total. The average molecular weight is 231 g/mol. The highest BCUT2D eigenvalue weighted by Crippen LogP contribution is 2.27. The van der Waals surface area contributed by atoms with E-state index >= 15 is 0 Å². The number of methoxy groups -OCH3 is 1. The van der Waals surface area contributed by atoms with Gasteiger partial charge in [0.1, 0.15) is 0 Å². The Morgan fingerprint density at radius 2 is 2.27 bits per heavy atom. The number of hydrogen-bond acceptors (Lipinski definition) is 4. The maximum atomic E-state index is 10.6. The van der Waals surface area contributed by atoms with Crippen molar-refractivity contribution in [1.29, 1.82) is 0 Å². The highest BCUT2D eigenvalue weighted by molar-refractivity contribution is 7.78. The summed E-state index contributed by atoms with van der Waals surface area (Å²) >= 11 is -2.01. The van der Waals surface area contributed by atoms with E-state index < -0.39 is 16.0 Å². The van der Waals surface area contributed by atoms with Gasteiger partial charge in [-0.3, -0.25) is 10.1 Å². The van der Waals surface area contributed by atoms with Crippen molar-refractivity contribution in [2.75, 3.05) is 7.11 Å². The number of nitro benzene ring substituents is 1. The predicted octanol–water partition coefficient (Wildman–Crippen LogP) is 1.33. The van der Waals surface area contributed by atoms with Crippen molar-refractivity contribution in [1.82, 2.24) is 0 Å². The standard InChI is InChI=1S/C8H9NO5S/c1-14-8-3-2-6(5-15(12)13)4-7(8)9(10)11/h2-4H,5H2,1H3,(H,12,13). The molecule has 0 spiro atoms. The summed E-state index contributed by atoms with van der Waals surface area (Å²) in [5.74, 6) is -0.00217. The Kier molecular flexibility index (Phi) is 3.75. The zero-order chi connectivity index (χ0) is 11.4. The number of hydrogen-bond donors (Lipinski definition) is 1. The van der Waals surface area contributed by atoms with E-state index in [4.69, 9.17) is 9.29 Å². The van der Waals surface area contributed by atoms with Gasteiger partial charge in [-0.15, -0.1) is 0 Å². The molecule has 0 bridgehead atoms. The lowest BCUT2D eigenvalue weighted by Crippen LogP contribution is -1.97. The predicted molar refractivity (Wildman–Crippen MR) is 54.1 cm³/mol. The highest BCUT2D eigenvalue weighted by atomic mass is 32.2. The second kappa shape index (κ2) is 4.85. The minimum absolute atomic E-state index is 0.132. The van der Waals surface area contributed by atoms with Crippen molar-refractivity contribution in [3.8, 4) is 5.75 Å². The van der Waals surface area contributed by atoms with Gasteiger partial charge in [-0.25, -0.2) is 4.21 Å². The monoisotopic (exact) mass is 231 g/mol. The zero-order valence-electron chi connectivity index (χ0n) is 7.87. The molecule has 0 saturated carbocycles. The Labute approximate surface area is 88.3 Å². The maximum absolute atomic E-state index is 10.6. The third-order valence-corrected chi connectivity index (χ3v) is 2.31. The maximum Gasteiger partial charge on any atom is 0.311 e. The molecule has 1 atom stereocenters. The Balaban J connectivity index is 3.10. The first-order valence-electron chi connectivity index (χ1n) is 3.93. The average Bonchev–Trinajstić information content (AvgIpc) is 2.16. The molecule has 1 rings (SSSR count). The topological polar surface area (TPSA) is 89.7 Å². The molecule has 7 heteroatoms. The van der Waals surface area contributed by atoms with Crippen molar-refractivity contribution in [2.45, 2.75) is 5.75 Å². The van der Waals surface area contributed by atoms with E-state index in [-0.39, 0.29) is 17.2 Å². The quantitative estimate of drug-likeness (QED) is 0.479. The number of benzene rings is 1. The molecule has 1 unspecified atom stereocenters. The largest absolute Gasteiger partial charge is 0.490 e. The van der Waals surface area contributed by atoms with Crippen LogP contribution in [0, 0.1) is 10.1 Å². The van der Waals surface area contributed by atoms with E-state index in [1.165, 1.54) is 25.3 Å². The van der Waals surface area contributed by atoms with Crippen LogP contribution in [0.5, 0.6) is 5.75 Å². The lowest BCUT2D eigenvalue weighted by atomic mass is 10.2. The van der Waals surface area contributed by atoms with Crippen LogP contribution in [0.2, 0.25) is 0 Å². The fourth-order valence-electron chi connectivity index (χ4n) is 1.11. The molecule has 0 aliphatic rings. The summed E-state index contributed by atoms with van der Waals surface area (Å²) in [5, 5.41) is 10.6. The van der Waals surface area contributed by atoms with Gasteiger partial charge in [-0.1, -0.05) is 6.07 Å². The van der Waals surface area contributed by atoms with Crippen LogP contribution in [0.4, 0.5) is 5.69 Å². The first-order valence-corrected chi connectivity index (χ1v) is 5.21. The Bertz CT molecular complexity index is 406. The lowest BCUT2D eigenvalue weighted by Gasteiger charge is -2.03. The number of rotatable bonds is 4. The molecular weight excluding hydrogens is 222 g/mol. The summed E-state index contributed by atoms with van der Waals surface area (Å²) in [7, 11) is 1.33. The summed E-state index contributed by atoms with van der Waals surface area (Å²) in [6.45, 7) is 0. The molecule has 0 saturated heterocycles. The molecule has 1 aromatic rings. The van der Waals surface area contributed by atoms with Gasteiger partial charge >= 0.3 is 5.69 Å². The zero-order valence-corrected chi connectivity index (χ0v) is 8.69. The molecule has 82 valence electrons. The van der Waals surface area contributed by atoms with E-state index in [1.807, 2.05) is 0 Å². The van der Waals surface area contributed by atoms with E-state index in [0.717, 1.165) is 0 Å². The van der Waals surface area contributed by atoms with Gasteiger partial charge < -0.3 is 9.29 Å². The van der Waals surface area contributed by atoms with Crippen LogP contribution in [-0.2, 0) is 16.8 Å². The van der Waals surface area contributed by atoms with Gasteiger partial charge in [0.25, 0.3) is 0 Å². The van der Waals surface area contributed by atoms with Gasteiger partial charge in [0, 0.05) is 6.07 Å². The second-order valence-electron chi connectivity index (χ2n) is 2.73. The van der Waals surface area contributed by atoms with Crippen LogP contribution in [0.1, 0.15) is 5.56 Å². The van der Waals surface area contributed by atoms with Crippen LogP contribution in [0.15, 0.2) is 18.2 Å². The highest BCUT2D eigenvalue weighted by Gasteiger charge is 2.15. The molecule has 0 aromatic heterocycles. The summed E-state index contributed by atoms with van der Waals surface area (Å²) in [5.41, 5.74) is 0.212. The molecule has 6 nitrogen and oxygen atoms in total. The van der Waals surface area contributed by atoms with Crippen LogP contribution < -0.4 is 4.74 Å². The minimum atomic E-state index is -2.01. The normalized spacial score (nSPS) is 12.1. The van der Waals surface area contributed by atoms with Crippen LogP contribution in [-0.4, -0.2) is 20.8 Å². The van der Waals surface area contributed by atoms with Crippen LogP contribution in [0.3, 0.4) is 0 Å². The molecule has 0 radical (unpaired) electrons. The molecule has 0 aliphatic heterocycles. The lowest BCUT2D eigenvalue weighted by molar-refractivity contribution is -0.385. The summed E-state index contributed by atoms with van der Waals surface area (Å²) < 4.78 is 23.9. The fourth-order valence-corrected chi connectivity index (χ4v) is 1.58. The van der Waals surface area contributed by atoms with Gasteiger partial charge in [0.2, 0.25) is 0 Å². The van der Waals surface area contributed by atoms with Gasteiger partial charge in [0.15, 0.2) is 16.8 Å². The molecule has 15 heavy (non-hydrogen) atoms. The Hall–Kier alpha value is -1.47. The third kappa shape index (κ3) is 3.00. The Morgan fingerprint density at radius 3 is 2.73 bits per heavy atom. The van der Waals surface area contributed by atoms with E-state index in [2.05, 4.69) is 0 Å². The first-order chi connectivity index (χ1) is 7.04. The fraction of sp³-hybridized carbons (Fsp3) is 0.250. The molecule has 0 amide bonds. The van der Waals surface area contributed by atoms with Gasteiger partial charge in [0.05, 0.1) is 17.8 Å². The third-order valence-electron chi connectivity index (χ3n) is 1.73. The smallest absolute Gasteiger partial charge is 0.311 e. The summed E-state index contributed by atoms with van der Waals surface area (Å²) in [6, 6.07) is 4.15. The molecule has 0 aliphatic carbocycles. The molecule has 0 heterocycles. The number of nitrogens with zero attached hydrogens (tertiary/aromatic N) is 1. The van der Waals surface area contributed by atoms with Crippen molar-refractivity contribution in [3.05, 3.63) is 33.9 Å². The first kappa shape index (κ1) is 11.6. The summed E-state index contributed by atoms with van der Waals surface area (Å²) in [6.07, 6.45) is 0. The minimum Gasteiger partial charge on any atom is -0.490 e. The SMILES string of the molecule is COc1ccc(CS(=O)O)cc1[N+](=O)[O-]. The van der Waals surface area contributed by atoms with Crippen molar-refractivity contribution in [2.24, 2.45) is 0 Å². The van der Waals surface area contributed by atoms with Crippen molar-refractivity contribution < 1.29 is 18.4 Å². The van der Waals surface area contributed by atoms with E-state index in [0.29, 0.717) is 5.56 Å². The van der Waals surface area contributed by atoms with Crippen molar-refractivity contribution >= 4 is 16.8 Å². The summed E-state index contributed by atoms with van der Waals surface area (Å²) in [4.78, 5) is 10.0. The van der Waals surface area contributed by atoms with Gasteiger partial charge in [-0.05, 0) is 11.6 Å². The van der Waals surface area contributed by atoms with Crippen molar-refractivity contribution in [3.63, 3.8) is 0 Å². The number of ether oxygens (including phenoxy) is 1. The van der Waals surface area contributed by atoms with Crippen LogP contribution in [0.25, 0.3) is 0 Å². The number of nitro groups is 1. The Morgan fingerprint density at radius 1 is 1.60 bits per heavy atom. The molecule has 1 aromatic carbocycles. The van der Waals surface area contributed by atoms with Crippen LogP contribution >= 0.6 is 0 Å². The second-order valence-corrected chi connectivity index (χ2v) is 3.66.